The normalized spacial score (nSPS) is 12.2. The van der Waals surface area contributed by atoms with Crippen LogP contribution < -0.4 is 5.32 Å². The first-order valence-electron chi connectivity index (χ1n) is 9.64. The van der Waals surface area contributed by atoms with E-state index in [2.05, 4.69) is 19.8 Å². The highest BCUT2D eigenvalue weighted by molar-refractivity contribution is 6.31. The molecule has 1 N–H and O–H groups in total. The van der Waals surface area contributed by atoms with Crippen molar-refractivity contribution in [3.05, 3.63) is 88.0 Å². The Hall–Kier alpha value is -2.63. The van der Waals surface area contributed by atoms with Crippen molar-refractivity contribution in [3.63, 3.8) is 0 Å². The highest BCUT2D eigenvalue weighted by atomic mass is 35.5. The monoisotopic (exact) mass is 410 g/mol. The molecule has 5 nitrogen and oxygen atoms in total. The molecule has 0 spiro atoms. The molecule has 0 fully saturated rings. The molecule has 1 amide bonds. The van der Waals surface area contributed by atoms with Gasteiger partial charge in [-0.05, 0) is 57.8 Å². The summed E-state index contributed by atoms with van der Waals surface area (Å²) < 4.78 is 2.12. The molecule has 0 aliphatic heterocycles. The van der Waals surface area contributed by atoms with Crippen LogP contribution in [0.2, 0.25) is 5.02 Å². The van der Waals surface area contributed by atoms with Crippen LogP contribution >= 0.6 is 11.6 Å². The average molecular weight is 411 g/mol. The van der Waals surface area contributed by atoms with E-state index in [1.54, 1.807) is 6.20 Å². The van der Waals surface area contributed by atoms with Crippen LogP contribution in [0.25, 0.3) is 0 Å². The number of pyridine rings is 1. The van der Waals surface area contributed by atoms with Crippen molar-refractivity contribution in [2.24, 2.45) is 0 Å². The summed E-state index contributed by atoms with van der Waals surface area (Å²) in [5.41, 5.74) is 4.63. The van der Waals surface area contributed by atoms with E-state index >= 15 is 0 Å². The Kier molecular flexibility index (Phi) is 6.72. The maximum absolute atomic E-state index is 12.9. The molecular formula is C23H27ClN4O. The first-order chi connectivity index (χ1) is 13.9. The minimum atomic E-state index is -0.0794. The number of amides is 1. The van der Waals surface area contributed by atoms with Gasteiger partial charge in [0.15, 0.2) is 0 Å². The summed E-state index contributed by atoms with van der Waals surface area (Å²) in [4.78, 5) is 19.4. The van der Waals surface area contributed by atoms with E-state index in [0.29, 0.717) is 23.7 Å². The highest BCUT2D eigenvalue weighted by Crippen LogP contribution is 2.25. The van der Waals surface area contributed by atoms with Crippen LogP contribution in [-0.2, 0) is 6.54 Å². The van der Waals surface area contributed by atoms with E-state index in [1.807, 2.05) is 76.5 Å². The minimum Gasteiger partial charge on any atom is -0.350 e. The van der Waals surface area contributed by atoms with Crippen molar-refractivity contribution >= 4 is 17.5 Å². The number of carbonyl (C=O) groups is 1. The number of carbonyl (C=O) groups excluding carboxylic acids is 1. The van der Waals surface area contributed by atoms with Crippen molar-refractivity contribution in [1.82, 2.24) is 19.8 Å². The lowest BCUT2D eigenvalue weighted by Gasteiger charge is -2.26. The summed E-state index contributed by atoms with van der Waals surface area (Å²) in [6.45, 7) is 5.10. The number of hydrogen-bond acceptors (Lipinski definition) is 3. The molecule has 3 rings (SSSR count). The van der Waals surface area contributed by atoms with Crippen molar-refractivity contribution in [2.45, 2.75) is 26.4 Å². The standard InChI is InChI=1S/C23H27ClN4O/c1-16-13-20(17(2)28(16)15-18-9-7-8-12-25-18)23(29)26-14-22(27(3)4)19-10-5-6-11-21(19)24/h5-13,22H,14-15H2,1-4H3,(H,26,29). The van der Waals surface area contributed by atoms with Crippen LogP contribution in [0, 0.1) is 13.8 Å². The zero-order valence-corrected chi connectivity index (χ0v) is 18.1. The van der Waals surface area contributed by atoms with E-state index < -0.39 is 0 Å². The molecule has 0 bridgehead atoms. The summed E-state index contributed by atoms with van der Waals surface area (Å²) in [5.74, 6) is -0.0794. The average Bonchev–Trinajstić information content (AvgIpc) is 2.98. The highest BCUT2D eigenvalue weighted by Gasteiger charge is 2.20. The van der Waals surface area contributed by atoms with Gasteiger partial charge in [-0.2, -0.15) is 0 Å². The van der Waals surface area contributed by atoms with Crippen LogP contribution in [0.1, 0.15) is 39.0 Å². The molecule has 2 aromatic heterocycles. The molecular weight excluding hydrogens is 384 g/mol. The lowest BCUT2D eigenvalue weighted by molar-refractivity contribution is 0.0941. The number of aryl methyl sites for hydroxylation is 1. The number of halogens is 1. The first kappa shape index (κ1) is 21.1. The second-order valence-electron chi connectivity index (χ2n) is 7.40. The van der Waals surface area contributed by atoms with Crippen LogP contribution in [-0.4, -0.2) is 41.0 Å². The van der Waals surface area contributed by atoms with Crippen LogP contribution in [0.5, 0.6) is 0 Å². The molecule has 0 aliphatic carbocycles. The Bertz CT molecular complexity index is 982. The topological polar surface area (TPSA) is 50.2 Å². The number of likely N-dealkylation sites (N-methyl/N-ethyl adjacent to an activating group) is 1. The molecule has 1 atom stereocenters. The van der Waals surface area contributed by atoms with Gasteiger partial charge >= 0.3 is 0 Å². The molecule has 0 saturated heterocycles. The summed E-state index contributed by atoms with van der Waals surface area (Å²) in [6, 6.07) is 15.5. The van der Waals surface area contributed by atoms with Crippen LogP contribution in [0.15, 0.2) is 54.7 Å². The minimum absolute atomic E-state index is 0.00958. The number of aromatic nitrogens is 2. The summed E-state index contributed by atoms with van der Waals surface area (Å²) in [6.07, 6.45) is 1.78. The smallest absolute Gasteiger partial charge is 0.253 e. The Labute approximate surface area is 177 Å². The van der Waals surface area contributed by atoms with Crippen molar-refractivity contribution < 1.29 is 4.79 Å². The van der Waals surface area contributed by atoms with Gasteiger partial charge in [0.05, 0.1) is 23.8 Å². The predicted molar refractivity (Wildman–Crippen MR) is 117 cm³/mol. The number of nitrogens with zero attached hydrogens (tertiary/aromatic N) is 3. The summed E-state index contributed by atoms with van der Waals surface area (Å²) in [5, 5.41) is 3.79. The fourth-order valence-electron chi connectivity index (χ4n) is 3.53. The molecule has 3 aromatic rings. The zero-order chi connectivity index (χ0) is 21.0. The third-order valence-electron chi connectivity index (χ3n) is 5.21. The third kappa shape index (κ3) is 4.86. The molecule has 2 heterocycles. The van der Waals surface area contributed by atoms with Gasteiger partial charge in [-0.1, -0.05) is 35.9 Å². The molecule has 0 radical (unpaired) electrons. The van der Waals surface area contributed by atoms with E-state index in [9.17, 15) is 4.79 Å². The summed E-state index contributed by atoms with van der Waals surface area (Å²) in [7, 11) is 3.97. The maximum atomic E-state index is 12.9. The van der Waals surface area contributed by atoms with Gasteiger partial charge in [-0.3, -0.25) is 9.78 Å². The predicted octanol–water partition coefficient (Wildman–Crippen LogP) is 4.23. The Morgan fingerprint density at radius 1 is 1.17 bits per heavy atom. The number of hydrogen-bond donors (Lipinski definition) is 1. The SMILES string of the molecule is Cc1cc(C(=O)NCC(c2ccccc2Cl)N(C)C)c(C)n1Cc1ccccn1. The fraction of sp³-hybridized carbons (Fsp3) is 0.304. The quantitative estimate of drug-likeness (QED) is 0.634. The molecule has 6 heteroatoms. The second kappa shape index (κ2) is 9.25. The van der Waals surface area contributed by atoms with Crippen molar-refractivity contribution in [1.29, 1.82) is 0 Å². The van der Waals surface area contributed by atoms with Gasteiger partial charge in [0, 0.05) is 29.2 Å². The van der Waals surface area contributed by atoms with Gasteiger partial charge in [-0.25, -0.2) is 0 Å². The molecule has 152 valence electrons. The Morgan fingerprint density at radius 3 is 2.55 bits per heavy atom. The Morgan fingerprint density at radius 2 is 1.90 bits per heavy atom. The number of benzene rings is 1. The third-order valence-corrected chi connectivity index (χ3v) is 5.55. The first-order valence-corrected chi connectivity index (χ1v) is 10.0. The molecule has 0 saturated carbocycles. The van der Waals surface area contributed by atoms with Gasteiger partial charge in [0.25, 0.3) is 5.91 Å². The lowest BCUT2D eigenvalue weighted by Crippen LogP contribution is -2.34. The largest absolute Gasteiger partial charge is 0.350 e. The van der Waals surface area contributed by atoms with Gasteiger partial charge in [-0.15, -0.1) is 0 Å². The fourth-order valence-corrected chi connectivity index (χ4v) is 3.79. The second-order valence-corrected chi connectivity index (χ2v) is 7.81. The van der Waals surface area contributed by atoms with Crippen LogP contribution in [0.4, 0.5) is 0 Å². The van der Waals surface area contributed by atoms with E-state index in [-0.39, 0.29) is 11.9 Å². The zero-order valence-electron chi connectivity index (χ0n) is 17.3. The molecule has 1 aromatic carbocycles. The van der Waals surface area contributed by atoms with Crippen LogP contribution in [0.3, 0.4) is 0 Å². The number of rotatable bonds is 7. The van der Waals surface area contributed by atoms with Gasteiger partial charge < -0.3 is 14.8 Å². The van der Waals surface area contributed by atoms with Crippen molar-refractivity contribution in [3.8, 4) is 0 Å². The Balaban J connectivity index is 1.75. The molecule has 0 aliphatic rings. The van der Waals surface area contributed by atoms with Gasteiger partial charge in [0.2, 0.25) is 0 Å². The lowest BCUT2D eigenvalue weighted by atomic mass is 10.1. The van der Waals surface area contributed by atoms with Crippen molar-refractivity contribution in [2.75, 3.05) is 20.6 Å². The van der Waals surface area contributed by atoms with E-state index in [0.717, 1.165) is 22.6 Å². The summed E-state index contributed by atoms with van der Waals surface area (Å²) >= 11 is 6.37. The molecule has 1 unspecified atom stereocenters. The van der Waals surface area contributed by atoms with E-state index in [1.165, 1.54) is 0 Å². The van der Waals surface area contributed by atoms with Gasteiger partial charge in [0.1, 0.15) is 0 Å². The molecule has 29 heavy (non-hydrogen) atoms. The maximum Gasteiger partial charge on any atom is 0.253 e. The van der Waals surface area contributed by atoms with E-state index in [4.69, 9.17) is 11.6 Å². The number of nitrogens with one attached hydrogen (secondary N) is 1.